The van der Waals surface area contributed by atoms with Crippen molar-refractivity contribution in [3.8, 4) is 0 Å². The first-order chi connectivity index (χ1) is 10.2. The molecule has 0 aliphatic carbocycles. The maximum Gasteiger partial charge on any atom is 0.262 e. The van der Waals surface area contributed by atoms with Gasteiger partial charge in [-0.25, -0.2) is 4.98 Å². The zero-order valence-electron chi connectivity index (χ0n) is 11.7. The summed E-state index contributed by atoms with van der Waals surface area (Å²) in [6, 6.07) is 8.36. The third-order valence-corrected chi connectivity index (χ3v) is 3.97. The van der Waals surface area contributed by atoms with Crippen LogP contribution in [0.5, 0.6) is 0 Å². The molecule has 6 heteroatoms. The molecule has 0 saturated carbocycles. The average molecular weight is 281 g/mol. The van der Waals surface area contributed by atoms with Gasteiger partial charge >= 0.3 is 0 Å². The largest absolute Gasteiger partial charge is 0.364 e. The Hall–Kier alpha value is -2.63. The van der Waals surface area contributed by atoms with Crippen LogP contribution in [0.3, 0.4) is 0 Å². The molecule has 4 rings (SSSR count). The van der Waals surface area contributed by atoms with Crippen LogP contribution in [-0.4, -0.2) is 26.3 Å². The molecule has 0 spiro atoms. The summed E-state index contributed by atoms with van der Waals surface area (Å²) in [5, 5.41) is 4.62. The lowest BCUT2D eigenvalue weighted by molar-refractivity contribution is 0.759. The van der Waals surface area contributed by atoms with E-state index in [1.165, 1.54) is 11.3 Å². The Bertz CT molecular complexity index is 879. The van der Waals surface area contributed by atoms with E-state index in [2.05, 4.69) is 38.2 Å². The van der Waals surface area contributed by atoms with Gasteiger partial charge in [0.1, 0.15) is 11.2 Å². The predicted octanol–water partition coefficient (Wildman–Crippen LogP) is 1.22. The third kappa shape index (κ3) is 1.91. The van der Waals surface area contributed by atoms with Crippen LogP contribution in [0, 0.1) is 0 Å². The molecule has 0 saturated heterocycles. The van der Waals surface area contributed by atoms with Gasteiger partial charge in [0.15, 0.2) is 5.65 Å². The molecule has 1 aromatic carbocycles. The highest BCUT2D eigenvalue weighted by Crippen LogP contribution is 2.28. The number of rotatable bonds is 2. The molecule has 0 unspecified atom stereocenters. The van der Waals surface area contributed by atoms with E-state index in [1.54, 1.807) is 17.9 Å². The highest BCUT2D eigenvalue weighted by molar-refractivity contribution is 5.73. The highest BCUT2D eigenvalue weighted by Gasteiger charge is 2.19. The van der Waals surface area contributed by atoms with Crippen LogP contribution in [0.2, 0.25) is 0 Å². The van der Waals surface area contributed by atoms with E-state index in [0.717, 1.165) is 13.0 Å². The molecule has 1 aliphatic rings. The maximum absolute atomic E-state index is 12.1. The van der Waals surface area contributed by atoms with E-state index in [0.29, 0.717) is 23.4 Å². The number of aromatic amines is 1. The molecule has 0 amide bonds. The molecule has 0 bridgehead atoms. The molecule has 1 aliphatic heterocycles. The van der Waals surface area contributed by atoms with Crippen LogP contribution in [0.1, 0.15) is 11.4 Å². The zero-order valence-corrected chi connectivity index (χ0v) is 11.7. The van der Waals surface area contributed by atoms with Gasteiger partial charge in [0.2, 0.25) is 0 Å². The van der Waals surface area contributed by atoms with Crippen LogP contribution in [-0.2, 0) is 20.0 Å². The lowest BCUT2D eigenvalue weighted by atomic mass is 10.2. The van der Waals surface area contributed by atoms with Crippen molar-refractivity contribution in [2.45, 2.75) is 13.0 Å². The number of anilines is 1. The van der Waals surface area contributed by atoms with Crippen molar-refractivity contribution >= 4 is 16.7 Å². The second-order valence-electron chi connectivity index (χ2n) is 5.32. The van der Waals surface area contributed by atoms with E-state index in [4.69, 9.17) is 0 Å². The Morgan fingerprint density at radius 3 is 3.10 bits per heavy atom. The fraction of sp³-hybridized carbons (Fsp3) is 0.267. The van der Waals surface area contributed by atoms with Crippen molar-refractivity contribution < 1.29 is 0 Å². The Balaban J connectivity index is 1.72. The molecule has 6 nitrogen and oxygen atoms in total. The van der Waals surface area contributed by atoms with Crippen LogP contribution >= 0.6 is 0 Å². The topological polar surface area (TPSA) is 66.8 Å². The van der Waals surface area contributed by atoms with Crippen molar-refractivity contribution in [3.63, 3.8) is 0 Å². The molecular formula is C15H15N5O. The third-order valence-electron chi connectivity index (χ3n) is 3.97. The highest BCUT2D eigenvalue weighted by atomic mass is 16.1. The quantitative estimate of drug-likeness (QED) is 0.767. The Kier molecular flexibility index (Phi) is 2.57. The summed E-state index contributed by atoms with van der Waals surface area (Å²) in [6.45, 7) is 1.56. The van der Waals surface area contributed by atoms with Gasteiger partial charge < -0.3 is 9.88 Å². The first-order valence-corrected chi connectivity index (χ1v) is 6.96. The average Bonchev–Trinajstić information content (AvgIpc) is 3.05. The summed E-state index contributed by atoms with van der Waals surface area (Å²) < 4.78 is 1.63. The molecule has 2 aromatic heterocycles. The Labute approximate surface area is 121 Å². The normalized spacial score (nSPS) is 13.9. The number of aryl methyl sites for hydroxylation is 1. The van der Waals surface area contributed by atoms with Crippen molar-refractivity contribution in [2.75, 3.05) is 11.4 Å². The van der Waals surface area contributed by atoms with Crippen LogP contribution in [0.25, 0.3) is 11.0 Å². The van der Waals surface area contributed by atoms with Gasteiger partial charge in [-0.1, -0.05) is 18.2 Å². The van der Waals surface area contributed by atoms with Gasteiger partial charge in [-0.3, -0.25) is 9.48 Å². The van der Waals surface area contributed by atoms with Gasteiger partial charge in [-0.2, -0.15) is 5.10 Å². The van der Waals surface area contributed by atoms with Crippen molar-refractivity contribution in [2.24, 2.45) is 7.05 Å². The first kappa shape index (κ1) is 12.1. The zero-order chi connectivity index (χ0) is 14.4. The van der Waals surface area contributed by atoms with E-state index in [-0.39, 0.29) is 5.56 Å². The Morgan fingerprint density at radius 2 is 2.19 bits per heavy atom. The minimum absolute atomic E-state index is 0.129. The molecule has 3 heterocycles. The molecule has 1 N–H and O–H groups in total. The van der Waals surface area contributed by atoms with E-state index in [9.17, 15) is 4.79 Å². The minimum Gasteiger partial charge on any atom is -0.364 e. The molecule has 0 atom stereocenters. The van der Waals surface area contributed by atoms with Crippen LogP contribution in [0.4, 0.5) is 5.69 Å². The number of H-pyrrole nitrogens is 1. The fourth-order valence-corrected chi connectivity index (χ4v) is 2.90. The van der Waals surface area contributed by atoms with Crippen molar-refractivity contribution in [1.82, 2.24) is 19.7 Å². The fourth-order valence-electron chi connectivity index (χ4n) is 2.90. The first-order valence-electron chi connectivity index (χ1n) is 6.96. The number of aromatic nitrogens is 4. The van der Waals surface area contributed by atoms with Gasteiger partial charge in [0.05, 0.1) is 12.7 Å². The van der Waals surface area contributed by atoms with Gasteiger partial charge in [-0.15, -0.1) is 0 Å². The number of para-hydroxylation sites is 1. The maximum atomic E-state index is 12.1. The molecule has 21 heavy (non-hydrogen) atoms. The number of benzene rings is 1. The lowest BCUT2D eigenvalue weighted by Gasteiger charge is -2.18. The van der Waals surface area contributed by atoms with Gasteiger partial charge in [0, 0.05) is 19.3 Å². The van der Waals surface area contributed by atoms with Crippen molar-refractivity contribution in [3.05, 3.63) is 52.2 Å². The predicted molar refractivity (Wildman–Crippen MR) is 80.3 cm³/mol. The summed E-state index contributed by atoms with van der Waals surface area (Å²) >= 11 is 0. The number of fused-ring (bicyclic) bond motifs is 2. The molecular weight excluding hydrogens is 266 g/mol. The van der Waals surface area contributed by atoms with E-state index in [1.807, 2.05) is 6.07 Å². The van der Waals surface area contributed by atoms with Gasteiger partial charge in [0.25, 0.3) is 5.56 Å². The van der Waals surface area contributed by atoms with E-state index >= 15 is 0 Å². The molecule has 3 aromatic rings. The number of nitrogens with zero attached hydrogens (tertiary/aromatic N) is 4. The SMILES string of the molecule is Cn1ncc2c(=O)[nH]c(CN3CCc4ccccc43)nc21. The number of hydrogen-bond acceptors (Lipinski definition) is 4. The van der Waals surface area contributed by atoms with Gasteiger partial charge in [-0.05, 0) is 18.1 Å². The molecule has 106 valence electrons. The summed E-state index contributed by atoms with van der Waals surface area (Å²) in [6.07, 6.45) is 2.59. The van der Waals surface area contributed by atoms with Crippen LogP contribution in [0.15, 0.2) is 35.3 Å². The summed E-state index contributed by atoms with van der Waals surface area (Å²) in [4.78, 5) is 21.7. The van der Waals surface area contributed by atoms with Crippen LogP contribution < -0.4 is 10.5 Å². The summed E-state index contributed by atoms with van der Waals surface area (Å²) in [7, 11) is 1.80. The second-order valence-corrected chi connectivity index (χ2v) is 5.32. The standard InChI is InChI=1S/C15H15N5O/c1-19-14-11(8-16-19)15(21)18-13(17-14)9-20-7-6-10-4-2-3-5-12(10)20/h2-5,8H,6-7,9H2,1H3,(H,17,18,21). The number of nitrogens with one attached hydrogen (secondary N) is 1. The summed E-state index contributed by atoms with van der Waals surface area (Å²) in [5.74, 6) is 0.674. The lowest BCUT2D eigenvalue weighted by Crippen LogP contribution is -2.23. The summed E-state index contributed by atoms with van der Waals surface area (Å²) in [5.41, 5.74) is 3.07. The second kappa shape index (κ2) is 4.44. The molecule has 0 fully saturated rings. The number of hydrogen-bond donors (Lipinski definition) is 1. The monoisotopic (exact) mass is 281 g/mol. The Morgan fingerprint density at radius 1 is 1.33 bits per heavy atom. The van der Waals surface area contributed by atoms with Crippen molar-refractivity contribution in [1.29, 1.82) is 0 Å². The smallest absolute Gasteiger partial charge is 0.262 e. The molecule has 0 radical (unpaired) electrons. The van der Waals surface area contributed by atoms with E-state index < -0.39 is 0 Å². The minimum atomic E-state index is -0.129.